The molecule has 1 rings (SSSR count). The summed E-state index contributed by atoms with van der Waals surface area (Å²) >= 11 is 0. The third-order valence-electron chi connectivity index (χ3n) is 1.37. The van der Waals surface area contributed by atoms with Gasteiger partial charge in [0.25, 0.3) is 0 Å². The Kier molecular flexibility index (Phi) is 2.06. The Morgan fingerprint density at radius 3 is 2.90 bits per heavy atom. The molecule has 0 aromatic heterocycles. The van der Waals surface area contributed by atoms with E-state index >= 15 is 0 Å². The quantitative estimate of drug-likeness (QED) is 0.562. The van der Waals surface area contributed by atoms with Gasteiger partial charge in [0.15, 0.2) is 0 Å². The molecule has 0 radical (unpaired) electrons. The van der Waals surface area contributed by atoms with Gasteiger partial charge in [-0.1, -0.05) is 0 Å². The van der Waals surface area contributed by atoms with Gasteiger partial charge >= 0.3 is 5.97 Å². The van der Waals surface area contributed by atoms with Crippen LogP contribution in [0, 0.1) is 0 Å². The number of cyclic esters (lactones) is 1. The molecule has 0 saturated carbocycles. The van der Waals surface area contributed by atoms with E-state index in [0.29, 0.717) is 12.0 Å². The van der Waals surface area contributed by atoms with Crippen LogP contribution in [0.5, 0.6) is 0 Å². The third-order valence-corrected chi connectivity index (χ3v) is 1.37. The minimum Gasteiger partial charge on any atom is -0.455 e. The minimum atomic E-state index is -0.290. The molecule has 1 aliphatic heterocycles. The first kappa shape index (κ1) is 7.28. The van der Waals surface area contributed by atoms with Crippen LogP contribution in [0.4, 0.5) is 0 Å². The van der Waals surface area contributed by atoms with Gasteiger partial charge in [0.2, 0.25) is 0 Å². The maximum Gasteiger partial charge on any atom is 0.334 e. The fourth-order valence-corrected chi connectivity index (χ4v) is 0.936. The van der Waals surface area contributed by atoms with Crippen molar-refractivity contribution >= 4 is 5.97 Å². The fraction of sp³-hybridized carbons (Fsp3) is 0.571. The Bertz CT molecular complexity index is 172. The van der Waals surface area contributed by atoms with E-state index < -0.39 is 0 Å². The maximum absolute atomic E-state index is 10.8. The van der Waals surface area contributed by atoms with Crippen LogP contribution in [0.25, 0.3) is 0 Å². The zero-order valence-electron chi connectivity index (χ0n) is 5.83. The molecule has 0 saturated heterocycles. The minimum absolute atomic E-state index is 0.00759. The molecule has 3 nitrogen and oxygen atoms in total. The molecule has 1 heterocycles. The molecule has 0 fully saturated rings. The van der Waals surface area contributed by atoms with Crippen molar-refractivity contribution in [3.05, 3.63) is 11.6 Å². The van der Waals surface area contributed by atoms with Crippen molar-refractivity contribution in [3.8, 4) is 0 Å². The first-order chi connectivity index (χ1) is 4.74. The average Bonchev–Trinajstić information content (AvgIpc) is 2.13. The molecule has 0 aromatic rings. The summed E-state index contributed by atoms with van der Waals surface area (Å²) in [6, 6.07) is 0. The van der Waals surface area contributed by atoms with E-state index in [1.165, 1.54) is 0 Å². The lowest BCUT2D eigenvalue weighted by atomic mass is 10.2. The van der Waals surface area contributed by atoms with E-state index in [9.17, 15) is 4.79 Å². The number of carbonyl (C=O) groups excluding carboxylic acids is 1. The summed E-state index contributed by atoms with van der Waals surface area (Å²) in [7, 11) is 0. The lowest BCUT2D eigenvalue weighted by Crippen LogP contribution is -2.04. The van der Waals surface area contributed by atoms with Gasteiger partial charge in [-0.2, -0.15) is 0 Å². The van der Waals surface area contributed by atoms with E-state index in [1.54, 1.807) is 13.0 Å². The number of hydrogen-bond donors (Lipinski definition) is 1. The van der Waals surface area contributed by atoms with Gasteiger partial charge in [0.1, 0.15) is 6.10 Å². The van der Waals surface area contributed by atoms with Crippen molar-refractivity contribution in [2.45, 2.75) is 19.4 Å². The fourth-order valence-electron chi connectivity index (χ4n) is 0.936. The monoisotopic (exact) mass is 142 g/mol. The second kappa shape index (κ2) is 2.84. The van der Waals surface area contributed by atoms with Crippen LogP contribution in [-0.2, 0) is 9.53 Å². The van der Waals surface area contributed by atoms with Crippen LogP contribution in [0.15, 0.2) is 11.6 Å². The molecule has 1 aliphatic rings. The first-order valence-corrected chi connectivity index (χ1v) is 3.26. The zero-order valence-corrected chi connectivity index (χ0v) is 5.83. The predicted octanol–water partition coefficient (Wildman–Crippen LogP) is 0.240. The molecule has 0 aromatic carbocycles. The van der Waals surface area contributed by atoms with E-state index in [0.717, 1.165) is 0 Å². The highest BCUT2D eigenvalue weighted by atomic mass is 16.5. The SMILES string of the molecule is C[C@H]1C=C(CCO)C(=O)O1. The number of carbonyl (C=O) groups is 1. The molecular weight excluding hydrogens is 132 g/mol. The second-order valence-electron chi connectivity index (χ2n) is 2.28. The highest BCUT2D eigenvalue weighted by Crippen LogP contribution is 2.15. The van der Waals surface area contributed by atoms with Gasteiger partial charge in [-0.25, -0.2) is 4.79 Å². The van der Waals surface area contributed by atoms with Crippen molar-refractivity contribution in [2.75, 3.05) is 6.61 Å². The van der Waals surface area contributed by atoms with Crippen LogP contribution in [0.2, 0.25) is 0 Å². The normalized spacial score (nSPS) is 24.4. The topological polar surface area (TPSA) is 46.5 Å². The molecule has 56 valence electrons. The Morgan fingerprint density at radius 2 is 2.50 bits per heavy atom. The highest BCUT2D eigenvalue weighted by Gasteiger charge is 2.20. The number of ether oxygens (including phenoxy) is 1. The smallest absolute Gasteiger partial charge is 0.334 e. The molecule has 0 unspecified atom stereocenters. The Morgan fingerprint density at radius 1 is 1.80 bits per heavy atom. The summed E-state index contributed by atoms with van der Waals surface area (Å²) in [6.07, 6.45) is 2.02. The predicted molar refractivity (Wildman–Crippen MR) is 35.3 cm³/mol. The summed E-state index contributed by atoms with van der Waals surface area (Å²) in [4.78, 5) is 10.8. The van der Waals surface area contributed by atoms with Gasteiger partial charge in [-0.15, -0.1) is 0 Å². The molecule has 0 bridgehead atoms. The summed E-state index contributed by atoms with van der Waals surface area (Å²) in [5.74, 6) is -0.290. The molecule has 10 heavy (non-hydrogen) atoms. The zero-order chi connectivity index (χ0) is 7.56. The second-order valence-corrected chi connectivity index (χ2v) is 2.28. The van der Waals surface area contributed by atoms with Crippen LogP contribution in [-0.4, -0.2) is 23.8 Å². The van der Waals surface area contributed by atoms with Crippen molar-refractivity contribution in [3.63, 3.8) is 0 Å². The van der Waals surface area contributed by atoms with Gasteiger partial charge in [0.05, 0.1) is 0 Å². The van der Waals surface area contributed by atoms with Crippen molar-refractivity contribution < 1.29 is 14.6 Å². The summed E-state index contributed by atoms with van der Waals surface area (Å²) in [5.41, 5.74) is 0.593. The van der Waals surface area contributed by atoms with Gasteiger partial charge in [0, 0.05) is 18.6 Å². The number of hydrogen-bond acceptors (Lipinski definition) is 3. The van der Waals surface area contributed by atoms with E-state index in [1.807, 2.05) is 0 Å². The summed E-state index contributed by atoms with van der Waals surface area (Å²) < 4.78 is 4.78. The Balaban J connectivity index is 2.57. The lowest BCUT2D eigenvalue weighted by Gasteiger charge is -1.97. The van der Waals surface area contributed by atoms with Gasteiger partial charge in [-0.05, 0) is 13.0 Å². The Labute approximate surface area is 59.3 Å². The maximum atomic E-state index is 10.8. The van der Waals surface area contributed by atoms with Crippen LogP contribution in [0.3, 0.4) is 0 Å². The van der Waals surface area contributed by atoms with Crippen LogP contribution in [0.1, 0.15) is 13.3 Å². The number of aliphatic hydroxyl groups is 1. The van der Waals surface area contributed by atoms with Crippen LogP contribution < -0.4 is 0 Å². The third kappa shape index (κ3) is 1.36. The molecule has 0 amide bonds. The van der Waals surface area contributed by atoms with Crippen molar-refractivity contribution in [1.29, 1.82) is 0 Å². The highest BCUT2D eigenvalue weighted by molar-refractivity contribution is 5.90. The van der Waals surface area contributed by atoms with E-state index in [2.05, 4.69) is 0 Å². The average molecular weight is 142 g/mol. The number of esters is 1. The van der Waals surface area contributed by atoms with E-state index in [4.69, 9.17) is 9.84 Å². The molecule has 1 atom stereocenters. The van der Waals surface area contributed by atoms with Gasteiger partial charge in [-0.3, -0.25) is 0 Å². The number of aliphatic hydroxyl groups excluding tert-OH is 1. The summed E-state index contributed by atoms with van der Waals surface area (Å²) in [5, 5.41) is 8.48. The molecule has 0 spiro atoms. The molecule has 0 aliphatic carbocycles. The summed E-state index contributed by atoms with van der Waals surface area (Å²) in [6.45, 7) is 1.80. The van der Waals surface area contributed by atoms with Crippen molar-refractivity contribution in [1.82, 2.24) is 0 Å². The van der Waals surface area contributed by atoms with E-state index in [-0.39, 0.29) is 18.7 Å². The molecular formula is C7H10O3. The van der Waals surface area contributed by atoms with Crippen LogP contribution >= 0.6 is 0 Å². The standard InChI is InChI=1S/C7H10O3/c1-5-4-6(2-3-8)7(9)10-5/h4-5,8H,2-3H2,1H3/t5-/m0/s1. The first-order valence-electron chi connectivity index (χ1n) is 3.26. The molecule has 3 heteroatoms. The Hall–Kier alpha value is -0.830. The van der Waals surface area contributed by atoms with Crippen molar-refractivity contribution in [2.24, 2.45) is 0 Å². The van der Waals surface area contributed by atoms with Gasteiger partial charge < -0.3 is 9.84 Å². The number of rotatable bonds is 2. The lowest BCUT2D eigenvalue weighted by molar-refractivity contribution is -0.139. The molecule has 1 N–H and O–H groups in total. The largest absolute Gasteiger partial charge is 0.455 e.